The Balaban J connectivity index is 1.65. The van der Waals surface area contributed by atoms with Crippen LogP contribution in [-0.2, 0) is 16.9 Å². The molecular weight excluding hydrogens is 498 g/mol. The molecule has 3 heterocycles. The van der Waals surface area contributed by atoms with Crippen LogP contribution in [-0.4, -0.2) is 60.9 Å². The Morgan fingerprint density at radius 2 is 1.85 bits per heavy atom. The minimum absolute atomic E-state index is 0.00966. The Morgan fingerprint density at radius 1 is 1.15 bits per heavy atom. The maximum atomic E-state index is 12.0. The van der Waals surface area contributed by atoms with Crippen molar-refractivity contribution < 1.29 is 19.7 Å². The highest BCUT2D eigenvalue weighted by Crippen LogP contribution is 2.40. The number of imidazole rings is 1. The summed E-state index contributed by atoms with van der Waals surface area (Å²) in [6.45, 7) is 8.24. The molecule has 2 aromatic heterocycles. The van der Waals surface area contributed by atoms with E-state index in [0.29, 0.717) is 48.9 Å². The first kappa shape index (κ1) is 27.8. The van der Waals surface area contributed by atoms with Crippen molar-refractivity contribution in [2.75, 3.05) is 18.5 Å². The summed E-state index contributed by atoms with van der Waals surface area (Å²) in [6, 6.07) is 0.153. The van der Waals surface area contributed by atoms with E-state index in [4.69, 9.17) is 20.4 Å². The average molecular weight is 542 g/mol. The van der Waals surface area contributed by atoms with Crippen molar-refractivity contribution in [1.82, 2.24) is 19.5 Å². The Kier molecular flexibility index (Phi) is 8.09. The smallest absolute Gasteiger partial charge is 0.433 e. The van der Waals surface area contributed by atoms with E-state index in [1.54, 1.807) is 0 Å². The highest BCUT2D eigenvalue weighted by Gasteiger charge is 2.40. The molecule has 39 heavy (non-hydrogen) atoms. The van der Waals surface area contributed by atoms with Gasteiger partial charge < -0.3 is 30.6 Å². The van der Waals surface area contributed by atoms with Crippen LogP contribution in [0.2, 0.25) is 0 Å². The Bertz CT molecular complexity index is 1210. The van der Waals surface area contributed by atoms with Gasteiger partial charge in [-0.25, -0.2) is 19.7 Å². The molecule has 11 heteroatoms. The number of nitrogens with zero attached hydrogens (tertiary/aromatic N) is 5. The third-order valence-corrected chi connectivity index (χ3v) is 9.31. The molecular formula is C28H43N7O4. The summed E-state index contributed by atoms with van der Waals surface area (Å²) in [6.07, 6.45) is 8.24. The minimum Gasteiger partial charge on any atom is -0.463 e. The van der Waals surface area contributed by atoms with E-state index in [1.165, 1.54) is 19.3 Å². The van der Waals surface area contributed by atoms with Gasteiger partial charge in [-0.05, 0) is 76.0 Å². The lowest BCUT2D eigenvalue weighted by Crippen LogP contribution is -2.39. The lowest BCUT2D eigenvalue weighted by atomic mass is 9.80. The van der Waals surface area contributed by atoms with Gasteiger partial charge in [0.25, 0.3) is 0 Å². The second-order valence-electron chi connectivity index (χ2n) is 12.2. The van der Waals surface area contributed by atoms with Gasteiger partial charge >= 0.3 is 6.09 Å². The molecule has 2 aliphatic carbocycles. The third-order valence-electron chi connectivity index (χ3n) is 9.31. The second-order valence-corrected chi connectivity index (χ2v) is 12.2. The van der Waals surface area contributed by atoms with Crippen LogP contribution in [0.25, 0.3) is 11.2 Å². The highest BCUT2D eigenvalue weighted by molar-refractivity contribution is 6.01. The lowest BCUT2D eigenvalue weighted by Gasteiger charge is -2.36. The molecule has 2 saturated carbocycles. The summed E-state index contributed by atoms with van der Waals surface area (Å²) in [5.74, 6) is 2.57. The Hall–Kier alpha value is -2.79. The van der Waals surface area contributed by atoms with E-state index in [9.17, 15) is 15.0 Å². The van der Waals surface area contributed by atoms with Gasteiger partial charge in [-0.1, -0.05) is 26.2 Å². The van der Waals surface area contributed by atoms with Crippen LogP contribution >= 0.6 is 0 Å². The van der Waals surface area contributed by atoms with Crippen molar-refractivity contribution in [2.24, 2.45) is 34.4 Å². The zero-order chi connectivity index (χ0) is 27.7. The van der Waals surface area contributed by atoms with Gasteiger partial charge in [0.1, 0.15) is 16.9 Å². The molecule has 1 amide bonds. The molecule has 3 fully saturated rings. The van der Waals surface area contributed by atoms with Gasteiger partial charge in [-0.2, -0.15) is 4.99 Å². The van der Waals surface area contributed by atoms with Gasteiger partial charge in [0, 0.05) is 25.8 Å². The first-order chi connectivity index (χ1) is 18.6. The van der Waals surface area contributed by atoms with Gasteiger partial charge in [-0.15, -0.1) is 0 Å². The number of aliphatic hydroxyl groups is 1. The molecule has 1 aliphatic heterocycles. The molecule has 0 radical (unpaired) electrons. The number of rotatable bonds is 8. The fraction of sp³-hybridized carbons (Fsp3) is 0.750. The second kappa shape index (κ2) is 11.4. The van der Waals surface area contributed by atoms with Crippen molar-refractivity contribution in [3.8, 4) is 0 Å². The zero-order valence-corrected chi connectivity index (χ0v) is 23.4. The zero-order valence-electron chi connectivity index (χ0n) is 23.4. The largest absolute Gasteiger partial charge is 0.463 e. The van der Waals surface area contributed by atoms with Crippen LogP contribution in [0, 0.1) is 23.7 Å². The molecule has 0 aromatic carbocycles. The number of aliphatic imine (C=N–C) groups is 1. The van der Waals surface area contributed by atoms with Crippen LogP contribution in [0.3, 0.4) is 0 Å². The van der Waals surface area contributed by atoms with E-state index in [0.717, 1.165) is 50.0 Å². The van der Waals surface area contributed by atoms with Crippen molar-refractivity contribution in [1.29, 1.82) is 0 Å². The fourth-order valence-electron chi connectivity index (χ4n) is 6.45. The van der Waals surface area contributed by atoms with Crippen LogP contribution in [0.4, 0.5) is 10.6 Å². The van der Waals surface area contributed by atoms with Crippen LogP contribution in [0.5, 0.6) is 0 Å². The molecule has 0 spiro atoms. The molecule has 5 N–H and O–H groups in total. The van der Waals surface area contributed by atoms with Gasteiger partial charge in [0.2, 0.25) is 0 Å². The number of fused-ring (bicyclic) bond motifs is 1. The van der Waals surface area contributed by atoms with E-state index < -0.39 is 11.7 Å². The summed E-state index contributed by atoms with van der Waals surface area (Å²) < 4.78 is 7.72. The highest BCUT2D eigenvalue weighted by atomic mass is 16.5. The van der Waals surface area contributed by atoms with Crippen molar-refractivity contribution in [3.63, 3.8) is 0 Å². The summed E-state index contributed by atoms with van der Waals surface area (Å²) in [7, 11) is 0. The van der Waals surface area contributed by atoms with E-state index in [-0.39, 0.29) is 23.6 Å². The molecule has 214 valence electrons. The molecule has 2 aromatic rings. The topological polar surface area (TPSA) is 161 Å². The summed E-state index contributed by atoms with van der Waals surface area (Å²) in [5, 5.41) is 24.8. The fourth-order valence-corrected chi connectivity index (χ4v) is 6.45. The molecule has 11 nitrogen and oxygen atoms in total. The molecule has 0 bridgehead atoms. The first-order valence-corrected chi connectivity index (χ1v) is 14.6. The van der Waals surface area contributed by atoms with E-state index >= 15 is 0 Å². The van der Waals surface area contributed by atoms with Crippen LogP contribution in [0.1, 0.15) is 90.2 Å². The van der Waals surface area contributed by atoms with Crippen molar-refractivity contribution >= 4 is 28.9 Å². The van der Waals surface area contributed by atoms with Crippen LogP contribution < -0.4 is 11.1 Å². The lowest BCUT2D eigenvalue weighted by molar-refractivity contribution is -0.0654. The average Bonchev–Trinajstić information content (AvgIpc) is 3.23. The maximum absolute atomic E-state index is 12.0. The molecule has 1 saturated heterocycles. The van der Waals surface area contributed by atoms with E-state index in [1.807, 2.05) is 6.92 Å². The third kappa shape index (κ3) is 5.89. The standard InChI is InChI=1S/C28H43N7O4/c1-16-7-9-18(10-8-16)15-35-21-23(30-17(2)19-5-4-6-19)32-25(22(29)31-27(36)37)33-24(21)34-26(35)28(3,38)20-11-13-39-14-12-20/h16-20,38H,4-15H2,1-3H3,(H2,29,31)(H,36,37)(H,30,32,33)/t16?,17-,18?,28?/m1/s1. The number of aromatic nitrogens is 4. The van der Waals surface area contributed by atoms with E-state index in [2.05, 4.69) is 33.7 Å². The predicted molar refractivity (Wildman–Crippen MR) is 149 cm³/mol. The van der Waals surface area contributed by atoms with Gasteiger partial charge in [0.05, 0.1) is 0 Å². The summed E-state index contributed by atoms with van der Waals surface area (Å²) >= 11 is 0. The summed E-state index contributed by atoms with van der Waals surface area (Å²) in [4.78, 5) is 28.9. The molecule has 1 unspecified atom stereocenters. The molecule has 2 atom stereocenters. The Labute approximate surface area is 229 Å². The first-order valence-electron chi connectivity index (χ1n) is 14.6. The monoisotopic (exact) mass is 541 g/mol. The number of amidine groups is 1. The molecule has 3 aliphatic rings. The number of hydrogen-bond donors (Lipinski definition) is 4. The van der Waals surface area contributed by atoms with Gasteiger partial charge in [0.15, 0.2) is 23.1 Å². The SMILES string of the molecule is CC1CCC(Cn2c(C(C)(O)C3CCOCC3)nc3nc(/C(N)=N/C(=O)O)nc(N[C@H](C)C4CCC4)c32)CC1. The maximum Gasteiger partial charge on any atom is 0.433 e. The minimum atomic E-state index is -1.41. The number of anilines is 1. The summed E-state index contributed by atoms with van der Waals surface area (Å²) in [5.41, 5.74) is 5.93. The molecule has 5 rings (SSSR count). The number of carboxylic acid groups (broad SMARTS) is 1. The van der Waals surface area contributed by atoms with Crippen LogP contribution in [0.15, 0.2) is 4.99 Å². The normalized spacial score (nSPS) is 25.7. The number of amides is 1. The van der Waals surface area contributed by atoms with Gasteiger partial charge in [-0.3, -0.25) is 0 Å². The Morgan fingerprint density at radius 3 is 2.46 bits per heavy atom. The number of nitrogens with two attached hydrogens (primary N) is 1. The predicted octanol–water partition coefficient (Wildman–Crippen LogP) is 4.27. The van der Waals surface area contributed by atoms with Crippen molar-refractivity contribution in [3.05, 3.63) is 11.6 Å². The number of nitrogens with one attached hydrogen (secondary N) is 1. The van der Waals surface area contributed by atoms with Crippen molar-refractivity contribution in [2.45, 2.75) is 96.7 Å². The number of ether oxygens (including phenoxy) is 1. The number of hydrogen-bond acceptors (Lipinski definition) is 7. The quantitative estimate of drug-likeness (QED) is 0.282. The number of carbonyl (C=O) groups is 1.